The summed E-state index contributed by atoms with van der Waals surface area (Å²) in [6.07, 6.45) is 0.286. The Morgan fingerprint density at radius 2 is 2.03 bits per heavy atom. The lowest BCUT2D eigenvalue weighted by Gasteiger charge is -2.14. The van der Waals surface area contributed by atoms with Gasteiger partial charge in [-0.25, -0.2) is 4.79 Å². The number of carbonyl (C=O) groups is 4. The Hall–Kier alpha value is -3.36. The molecule has 0 aliphatic carbocycles. The molecule has 29 heavy (non-hydrogen) atoms. The summed E-state index contributed by atoms with van der Waals surface area (Å²) in [5, 5.41) is 3.66. The summed E-state index contributed by atoms with van der Waals surface area (Å²) in [6, 6.07) is 8.63. The molecule has 9 heteroatoms. The van der Waals surface area contributed by atoms with Gasteiger partial charge in [-0.1, -0.05) is 18.2 Å². The van der Waals surface area contributed by atoms with Gasteiger partial charge in [-0.15, -0.1) is 0 Å². The molecule has 1 saturated heterocycles. The number of carbonyl (C=O) groups excluding carboxylic acids is 4. The van der Waals surface area contributed by atoms with Gasteiger partial charge in [-0.05, 0) is 25.5 Å². The van der Waals surface area contributed by atoms with Crippen molar-refractivity contribution in [2.45, 2.75) is 25.8 Å². The number of hydrogen-bond acceptors (Lipinski definition) is 6. The van der Waals surface area contributed by atoms with E-state index in [0.717, 1.165) is 15.9 Å². The lowest BCUT2D eigenvalue weighted by atomic mass is 10.2. The van der Waals surface area contributed by atoms with Crippen LogP contribution in [0.2, 0.25) is 0 Å². The van der Waals surface area contributed by atoms with Crippen molar-refractivity contribution < 1.29 is 28.3 Å². The van der Waals surface area contributed by atoms with Crippen molar-refractivity contribution in [2.75, 3.05) is 26.7 Å². The maximum Gasteiger partial charge on any atom is 0.326 e. The summed E-state index contributed by atoms with van der Waals surface area (Å²) >= 11 is 0. The molecule has 1 aliphatic heterocycles. The van der Waals surface area contributed by atoms with E-state index in [-0.39, 0.29) is 43.9 Å². The van der Waals surface area contributed by atoms with Gasteiger partial charge in [-0.3, -0.25) is 19.3 Å². The van der Waals surface area contributed by atoms with E-state index in [2.05, 4.69) is 5.32 Å². The first-order valence-electron chi connectivity index (χ1n) is 9.34. The largest absolute Gasteiger partial charge is 0.459 e. The summed E-state index contributed by atoms with van der Waals surface area (Å²) in [7, 11) is 1.54. The van der Waals surface area contributed by atoms with Gasteiger partial charge in [0.15, 0.2) is 6.61 Å². The fraction of sp³-hybridized carbons (Fsp3) is 0.400. The first-order chi connectivity index (χ1) is 13.8. The number of furan rings is 1. The standard InChI is InChI=1S/C20H23N3O6/c1-13(16-10-14-6-3-4-7-15(14)29-16)21-17(24)12-28-19(26)8-5-9-23-18(25)11-22(2)20(23)27/h3-4,6-7,10,13H,5,8-9,11-12H2,1-2H3,(H,21,24)/t13-/m1/s1. The summed E-state index contributed by atoms with van der Waals surface area (Å²) < 4.78 is 10.7. The second kappa shape index (κ2) is 8.76. The normalized spacial score (nSPS) is 15.1. The third-order valence-corrected chi connectivity index (χ3v) is 4.61. The second-order valence-electron chi connectivity index (χ2n) is 6.92. The number of esters is 1. The molecule has 1 aromatic carbocycles. The van der Waals surface area contributed by atoms with Crippen LogP contribution in [0, 0.1) is 0 Å². The fourth-order valence-electron chi connectivity index (χ4n) is 3.06. The average Bonchev–Trinajstić information content (AvgIpc) is 3.22. The van der Waals surface area contributed by atoms with Gasteiger partial charge in [0.2, 0.25) is 5.91 Å². The van der Waals surface area contributed by atoms with Gasteiger partial charge in [0.1, 0.15) is 17.9 Å². The highest BCUT2D eigenvalue weighted by Gasteiger charge is 2.32. The smallest absolute Gasteiger partial charge is 0.326 e. The third-order valence-electron chi connectivity index (χ3n) is 4.61. The van der Waals surface area contributed by atoms with Crippen molar-refractivity contribution in [3.8, 4) is 0 Å². The Labute approximate surface area is 167 Å². The van der Waals surface area contributed by atoms with Gasteiger partial charge in [0.25, 0.3) is 5.91 Å². The Morgan fingerprint density at radius 1 is 1.28 bits per heavy atom. The van der Waals surface area contributed by atoms with Crippen LogP contribution in [0.4, 0.5) is 4.79 Å². The summed E-state index contributed by atoms with van der Waals surface area (Å²) in [4.78, 5) is 49.6. The lowest BCUT2D eigenvalue weighted by Crippen LogP contribution is -2.33. The zero-order valence-electron chi connectivity index (χ0n) is 16.3. The number of para-hydroxylation sites is 1. The Morgan fingerprint density at radius 3 is 2.72 bits per heavy atom. The molecule has 0 saturated carbocycles. The number of urea groups is 1. The van der Waals surface area contributed by atoms with E-state index in [1.54, 1.807) is 14.0 Å². The van der Waals surface area contributed by atoms with Crippen LogP contribution < -0.4 is 5.32 Å². The van der Waals surface area contributed by atoms with E-state index in [9.17, 15) is 19.2 Å². The van der Waals surface area contributed by atoms with Crippen molar-refractivity contribution in [2.24, 2.45) is 0 Å². The molecule has 0 unspecified atom stereocenters. The number of likely N-dealkylation sites (N-methyl/N-ethyl adjacent to an activating group) is 1. The van der Waals surface area contributed by atoms with E-state index >= 15 is 0 Å². The number of fused-ring (bicyclic) bond motifs is 1. The molecule has 0 spiro atoms. The van der Waals surface area contributed by atoms with Crippen LogP contribution in [0.3, 0.4) is 0 Å². The quantitative estimate of drug-likeness (QED) is 0.534. The number of nitrogens with one attached hydrogen (secondary N) is 1. The van der Waals surface area contributed by atoms with E-state index < -0.39 is 18.5 Å². The molecule has 2 heterocycles. The van der Waals surface area contributed by atoms with Crippen LogP contribution >= 0.6 is 0 Å². The molecular formula is C20H23N3O6. The van der Waals surface area contributed by atoms with Crippen LogP contribution in [0.5, 0.6) is 0 Å². The minimum absolute atomic E-state index is 0.00712. The molecule has 1 fully saturated rings. The van der Waals surface area contributed by atoms with Gasteiger partial charge >= 0.3 is 12.0 Å². The predicted molar refractivity (Wildman–Crippen MR) is 103 cm³/mol. The molecule has 1 aromatic heterocycles. The third kappa shape index (κ3) is 4.92. The molecule has 1 N–H and O–H groups in total. The number of nitrogens with zero attached hydrogens (tertiary/aromatic N) is 2. The summed E-state index contributed by atoms with van der Waals surface area (Å²) in [5.41, 5.74) is 0.733. The Kier molecular flexibility index (Phi) is 6.16. The molecular weight excluding hydrogens is 378 g/mol. The Bertz CT molecular complexity index is 904. The predicted octanol–water partition coefficient (Wildman–Crippen LogP) is 1.83. The number of hydrogen-bond donors (Lipinski definition) is 1. The van der Waals surface area contributed by atoms with Crippen molar-refractivity contribution in [3.05, 3.63) is 36.1 Å². The number of imide groups is 1. The molecule has 4 amide bonds. The molecule has 1 atom stereocenters. The zero-order chi connectivity index (χ0) is 21.0. The highest BCUT2D eigenvalue weighted by Crippen LogP contribution is 2.23. The van der Waals surface area contributed by atoms with E-state index in [4.69, 9.17) is 9.15 Å². The van der Waals surface area contributed by atoms with E-state index in [0.29, 0.717) is 5.76 Å². The van der Waals surface area contributed by atoms with Gasteiger partial charge < -0.3 is 19.4 Å². The first kappa shape index (κ1) is 20.4. The van der Waals surface area contributed by atoms with E-state index in [1.807, 2.05) is 30.3 Å². The van der Waals surface area contributed by atoms with Crippen LogP contribution in [0.1, 0.15) is 31.6 Å². The van der Waals surface area contributed by atoms with Crippen molar-refractivity contribution in [1.29, 1.82) is 0 Å². The minimum Gasteiger partial charge on any atom is -0.459 e. The molecule has 1 aliphatic rings. The maximum atomic E-state index is 12.0. The van der Waals surface area contributed by atoms with Crippen LogP contribution in [0.15, 0.2) is 34.7 Å². The van der Waals surface area contributed by atoms with Crippen LogP contribution in [-0.4, -0.2) is 60.4 Å². The van der Waals surface area contributed by atoms with Crippen molar-refractivity contribution in [1.82, 2.24) is 15.1 Å². The number of ether oxygens (including phenoxy) is 1. The van der Waals surface area contributed by atoms with Gasteiger partial charge in [0, 0.05) is 25.4 Å². The number of amides is 4. The maximum absolute atomic E-state index is 12.0. The monoisotopic (exact) mass is 401 g/mol. The first-order valence-corrected chi connectivity index (χ1v) is 9.34. The molecule has 0 radical (unpaired) electrons. The second-order valence-corrected chi connectivity index (χ2v) is 6.92. The Balaban J connectivity index is 1.38. The molecule has 3 rings (SSSR count). The minimum atomic E-state index is -0.566. The molecule has 2 aromatic rings. The lowest BCUT2D eigenvalue weighted by molar-refractivity contribution is -0.149. The summed E-state index contributed by atoms with van der Waals surface area (Å²) in [6.45, 7) is 1.56. The van der Waals surface area contributed by atoms with Crippen molar-refractivity contribution in [3.63, 3.8) is 0 Å². The van der Waals surface area contributed by atoms with Gasteiger partial charge in [0.05, 0.1) is 6.04 Å². The SMILES string of the molecule is C[C@@H](NC(=O)COC(=O)CCCN1C(=O)CN(C)C1=O)c1cc2ccccc2o1. The molecule has 9 nitrogen and oxygen atoms in total. The zero-order valence-corrected chi connectivity index (χ0v) is 16.3. The number of rotatable bonds is 8. The average molecular weight is 401 g/mol. The highest BCUT2D eigenvalue weighted by atomic mass is 16.5. The highest BCUT2D eigenvalue weighted by molar-refractivity contribution is 6.01. The number of benzene rings is 1. The fourth-order valence-corrected chi connectivity index (χ4v) is 3.06. The summed E-state index contributed by atoms with van der Waals surface area (Å²) in [5.74, 6) is -0.692. The van der Waals surface area contributed by atoms with Crippen LogP contribution in [0.25, 0.3) is 11.0 Å². The van der Waals surface area contributed by atoms with Crippen LogP contribution in [-0.2, 0) is 19.1 Å². The molecule has 0 bridgehead atoms. The van der Waals surface area contributed by atoms with E-state index in [1.165, 1.54) is 4.90 Å². The van der Waals surface area contributed by atoms with Gasteiger partial charge in [-0.2, -0.15) is 0 Å². The van der Waals surface area contributed by atoms with Crippen molar-refractivity contribution >= 4 is 34.8 Å². The molecule has 154 valence electrons. The topological polar surface area (TPSA) is 109 Å².